The van der Waals surface area contributed by atoms with Gasteiger partial charge in [0.1, 0.15) is 0 Å². The van der Waals surface area contributed by atoms with Crippen molar-refractivity contribution >= 4 is 5.97 Å². The third-order valence-electron chi connectivity index (χ3n) is 3.60. The molecular formula is C11H18O3. The Morgan fingerprint density at radius 2 is 1.93 bits per heavy atom. The molecule has 0 spiro atoms. The van der Waals surface area contributed by atoms with Gasteiger partial charge in [0.25, 0.3) is 0 Å². The highest BCUT2D eigenvalue weighted by Gasteiger charge is 2.36. The predicted molar refractivity (Wildman–Crippen MR) is 51.8 cm³/mol. The van der Waals surface area contributed by atoms with E-state index in [-0.39, 0.29) is 11.9 Å². The highest BCUT2D eigenvalue weighted by molar-refractivity contribution is 5.74. The van der Waals surface area contributed by atoms with Gasteiger partial charge >= 0.3 is 5.97 Å². The molecule has 80 valence electrons. The molecule has 14 heavy (non-hydrogen) atoms. The number of carbonyl (C=O) groups is 1. The van der Waals surface area contributed by atoms with E-state index in [2.05, 4.69) is 0 Å². The molecule has 1 unspecified atom stereocenters. The maximum atomic E-state index is 11.4. The second kappa shape index (κ2) is 4.30. The molecule has 2 fully saturated rings. The predicted octanol–water partition coefficient (Wildman–Crippen LogP) is 1.75. The molecule has 0 bridgehead atoms. The molecule has 0 aromatic heterocycles. The van der Waals surface area contributed by atoms with Gasteiger partial charge in [-0.2, -0.15) is 0 Å². The van der Waals surface area contributed by atoms with Crippen molar-refractivity contribution in [2.75, 3.05) is 13.7 Å². The van der Waals surface area contributed by atoms with Gasteiger partial charge in [0.2, 0.25) is 0 Å². The van der Waals surface area contributed by atoms with Gasteiger partial charge in [0.05, 0.1) is 18.6 Å². The van der Waals surface area contributed by atoms with Crippen LogP contribution in [0.4, 0.5) is 0 Å². The summed E-state index contributed by atoms with van der Waals surface area (Å²) in [5, 5.41) is 0. The summed E-state index contributed by atoms with van der Waals surface area (Å²) in [6.45, 7) is 0.633. The van der Waals surface area contributed by atoms with Crippen LogP contribution < -0.4 is 0 Å². The summed E-state index contributed by atoms with van der Waals surface area (Å²) >= 11 is 0. The molecule has 3 nitrogen and oxygen atoms in total. The Morgan fingerprint density at radius 3 is 2.43 bits per heavy atom. The van der Waals surface area contributed by atoms with Crippen LogP contribution >= 0.6 is 0 Å². The lowest BCUT2D eigenvalue weighted by Crippen LogP contribution is -2.27. The molecule has 0 radical (unpaired) electrons. The number of cyclic esters (lactones) is 1. The van der Waals surface area contributed by atoms with Crippen molar-refractivity contribution in [1.82, 2.24) is 0 Å². The Balaban J connectivity index is 1.85. The first-order chi connectivity index (χ1) is 6.81. The first-order valence-electron chi connectivity index (χ1n) is 5.50. The minimum Gasteiger partial charge on any atom is -0.465 e. The van der Waals surface area contributed by atoms with E-state index in [9.17, 15) is 4.79 Å². The van der Waals surface area contributed by atoms with Crippen LogP contribution in [-0.4, -0.2) is 25.8 Å². The second-order valence-electron chi connectivity index (χ2n) is 4.34. The van der Waals surface area contributed by atoms with Gasteiger partial charge in [-0.25, -0.2) is 0 Å². The summed E-state index contributed by atoms with van der Waals surface area (Å²) in [7, 11) is 1.77. The number of rotatable bonds is 2. The molecule has 2 aliphatic rings. The van der Waals surface area contributed by atoms with Crippen molar-refractivity contribution in [3.63, 3.8) is 0 Å². The number of ether oxygens (including phenoxy) is 2. The minimum atomic E-state index is 0.0332. The zero-order chi connectivity index (χ0) is 9.97. The van der Waals surface area contributed by atoms with Crippen molar-refractivity contribution in [1.29, 1.82) is 0 Å². The largest absolute Gasteiger partial charge is 0.465 e. The minimum absolute atomic E-state index is 0.0332. The highest BCUT2D eigenvalue weighted by Crippen LogP contribution is 2.35. The van der Waals surface area contributed by atoms with Crippen molar-refractivity contribution in [3.05, 3.63) is 0 Å². The molecule has 1 saturated carbocycles. The van der Waals surface area contributed by atoms with Crippen LogP contribution in [0.3, 0.4) is 0 Å². The van der Waals surface area contributed by atoms with E-state index >= 15 is 0 Å². The second-order valence-corrected chi connectivity index (χ2v) is 4.34. The van der Waals surface area contributed by atoms with E-state index < -0.39 is 0 Å². The quantitative estimate of drug-likeness (QED) is 0.634. The lowest BCUT2D eigenvalue weighted by Gasteiger charge is -2.29. The Hall–Kier alpha value is -0.570. The van der Waals surface area contributed by atoms with Crippen LogP contribution in [0.15, 0.2) is 0 Å². The lowest BCUT2D eigenvalue weighted by atomic mass is 9.78. The van der Waals surface area contributed by atoms with E-state index in [0.29, 0.717) is 18.6 Å². The number of methoxy groups -OCH3 is 1. The Bertz CT molecular complexity index is 207. The molecule has 3 heteroatoms. The Morgan fingerprint density at radius 1 is 1.21 bits per heavy atom. The molecule has 1 atom stereocenters. The van der Waals surface area contributed by atoms with Crippen LogP contribution in [-0.2, 0) is 14.3 Å². The third kappa shape index (κ3) is 1.92. The topological polar surface area (TPSA) is 35.5 Å². The summed E-state index contributed by atoms with van der Waals surface area (Å²) in [6, 6.07) is 0. The standard InChI is InChI=1S/C11H18O3/c1-13-9-4-2-8(3-5-9)10-6-7-14-11(10)12/h8-10H,2-7H2,1H3. The van der Waals surface area contributed by atoms with Gasteiger partial charge in [-0.15, -0.1) is 0 Å². The maximum absolute atomic E-state index is 11.4. The fraction of sp³-hybridized carbons (Fsp3) is 0.909. The van der Waals surface area contributed by atoms with Crippen LogP contribution in [0.25, 0.3) is 0 Å². The summed E-state index contributed by atoms with van der Waals surface area (Å²) in [4.78, 5) is 11.4. The Labute approximate surface area is 84.8 Å². The molecule has 0 N–H and O–H groups in total. The van der Waals surface area contributed by atoms with Crippen molar-refractivity contribution in [2.24, 2.45) is 11.8 Å². The normalized spacial score (nSPS) is 38.4. The fourth-order valence-electron chi connectivity index (χ4n) is 2.67. The molecular weight excluding hydrogens is 180 g/mol. The van der Waals surface area contributed by atoms with Crippen molar-refractivity contribution < 1.29 is 14.3 Å². The van der Waals surface area contributed by atoms with Crippen LogP contribution in [0, 0.1) is 11.8 Å². The summed E-state index contributed by atoms with van der Waals surface area (Å²) in [6.07, 6.45) is 5.80. The summed E-state index contributed by atoms with van der Waals surface area (Å²) < 4.78 is 10.3. The maximum Gasteiger partial charge on any atom is 0.309 e. The van der Waals surface area contributed by atoms with Crippen LogP contribution in [0.5, 0.6) is 0 Å². The molecule has 1 saturated heterocycles. The monoisotopic (exact) mass is 198 g/mol. The van der Waals surface area contributed by atoms with E-state index in [1.165, 1.54) is 0 Å². The number of hydrogen-bond acceptors (Lipinski definition) is 3. The van der Waals surface area contributed by atoms with Gasteiger partial charge in [-0.1, -0.05) is 0 Å². The molecule has 2 rings (SSSR count). The van der Waals surface area contributed by atoms with Crippen LogP contribution in [0.2, 0.25) is 0 Å². The van der Waals surface area contributed by atoms with Crippen molar-refractivity contribution in [3.8, 4) is 0 Å². The van der Waals surface area contributed by atoms with Gasteiger partial charge in [-0.05, 0) is 38.0 Å². The van der Waals surface area contributed by atoms with Crippen LogP contribution in [0.1, 0.15) is 32.1 Å². The van der Waals surface area contributed by atoms with E-state index in [1.54, 1.807) is 7.11 Å². The van der Waals surface area contributed by atoms with Gasteiger partial charge in [0.15, 0.2) is 0 Å². The Kier molecular flexibility index (Phi) is 3.06. The first-order valence-corrected chi connectivity index (χ1v) is 5.50. The highest BCUT2D eigenvalue weighted by atomic mass is 16.5. The number of hydrogen-bond donors (Lipinski definition) is 0. The first kappa shape index (κ1) is 9.97. The van der Waals surface area contributed by atoms with Gasteiger partial charge in [0, 0.05) is 7.11 Å². The molecule has 0 amide bonds. The summed E-state index contributed by atoms with van der Waals surface area (Å²) in [5.41, 5.74) is 0. The molecule has 1 aliphatic carbocycles. The third-order valence-corrected chi connectivity index (χ3v) is 3.60. The van der Waals surface area contributed by atoms with E-state index in [4.69, 9.17) is 9.47 Å². The fourth-order valence-corrected chi connectivity index (χ4v) is 2.67. The number of esters is 1. The van der Waals surface area contributed by atoms with Crippen molar-refractivity contribution in [2.45, 2.75) is 38.2 Å². The molecule has 0 aromatic carbocycles. The molecule has 0 aromatic rings. The summed E-state index contributed by atoms with van der Waals surface area (Å²) in [5.74, 6) is 0.773. The average Bonchev–Trinajstić information content (AvgIpc) is 2.65. The molecule has 1 aliphatic heterocycles. The average molecular weight is 198 g/mol. The SMILES string of the molecule is COC1CCC(C2CCOC2=O)CC1. The number of carbonyl (C=O) groups excluding carboxylic acids is 1. The van der Waals surface area contributed by atoms with E-state index in [1.807, 2.05) is 0 Å². The zero-order valence-corrected chi connectivity index (χ0v) is 8.70. The van der Waals surface area contributed by atoms with E-state index in [0.717, 1.165) is 32.1 Å². The molecule has 1 heterocycles. The van der Waals surface area contributed by atoms with Gasteiger partial charge in [-0.3, -0.25) is 4.79 Å². The zero-order valence-electron chi connectivity index (χ0n) is 8.70. The smallest absolute Gasteiger partial charge is 0.309 e. The lowest BCUT2D eigenvalue weighted by molar-refractivity contribution is -0.143. The van der Waals surface area contributed by atoms with Gasteiger partial charge < -0.3 is 9.47 Å².